The highest BCUT2D eigenvalue weighted by Gasteiger charge is 2.24. The summed E-state index contributed by atoms with van der Waals surface area (Å²) in [7, 11) is 0. The highest BCUT2D eigenvalue weighted by Crippen LogP contribution is 2.50. The molecule has 0 amide bonds. The van der Waals surface area contributed by atoms with E-state index in [0.29, 0.717) is 0 Å². The highest BCUT2D eigenvalue weighted by atomic mass is 32.1. The van der Waals surface area contributed by atoms with E-state index in [9.17, 15) is 0 Å². The highest BCUT2D eigenvalue weighted by molar-refractivity contribution is 7.26. The maximum Gasteiger partial charge on any atom is 0.143 e. The smallest absolute Gasteiger partial charge is 0.143 e. The van der Waals surface area contributed by atoms with Gasteiger partial charge < -0.3 is 13.7 Å². The third-order valence-electron chi connectivity index (χ3n) is 11.1. The molecule has 12 aromatic rings. The van der Waals surface area contributed by atoms with Gasteiger partial charge in [0.25, 0.3) is 0 Å². The fourth-order valence-corrected chi connectivity index (χ4v) is 9.88. The molecule has 12 rings (SSSR count). The summed E-state index contributed by atoms with van der Waals surface area (Å²) in [6.45, 7) is 0. The van der Waals surface area contributed by atoms with Gasteiger partial charge in [0.05, 0.1) is 21.5 Å². The number of furan rings is 2. The lowest BCUT2D eigenvalue weighted by atomic mass is 9.98. The summed E-state index contributed by atoms with van der Waals surface area (Å²) in [5, 5.41) is 11.8. The lowest BCUT2D eigenvalue weighted by molar-refractivity contribution is 0.669. The van der Waals surface area contributed by atoms with Crippen LogP contribution in [0.25, 0.3) is 96.7 Å². The molecule has 0 aliphatic heterocycles. The zero-order valence-electron chi connectivity index (χ0n) is 28.9. The molecule has 0 aliphatic rings. The Bertz CT molecular complexity index is 3450. The Labute approximate surface area is 313 Å². The van der Waals surface area contributed by atoms with Gasteiger partial charge in [-0.2, -0.15) is 0 Å². The molecule has 252 valence electrons. The van der Waals surface area contributed by atoms with Crippen LogP contribution in [0.3, 0.4) is 0 Å². The van der Waals surface area contributed by atoms with Gasteiger partial charge in [-0.15, -0.1) is 11.3 Å². The van der Waals surface area contributed by atoms with Crippen LogP contribution in [0.2, 0.25) is 0 Å². The molecule has 0 saturated heterocycles. The molecule has 0 fully saturated rings. The van der Waals surface area contributed by atoms with E-state index in [4.69, 9.17) is 8.83 Å². The summed E-state index contributed by atoms with van der Waals surface area (Å²) < 4.78 is 15.5. The van der Waals surface area contributed by atoms with Gasteiger partial charge in [-0.25, -0.2) is 0 Å². The third-order valence-corrected chi connectivity index (χ3v) is 12.2. The van der Waals surface area contributed by atoms with Gasteiger partial charge >= 0.3 is 0 Å². The van der Waals surface area contributed by atoms with Gasteiger partial charge in [0.15, 0.2) is 0 Å². The van der Waals surface area contributed by atoms with E-state index in [1.807, 2.05) is 17.4 Å². The van der Waals surface area contributed by atoms with Gasteiger partial charge in [-0.3, -0.25) is 0 Å². The van der Waals surface area contributed by atoms with Crippen LogP contribution >= 0.6 is 11.3 Å². The molecule has 54 heavy (non-hydrogen) atoms. The van der Waals surface area contributed by atoms with Crippen molar-refractivity contribution in [2.24, 2.45) is 0 Å². The summed E-state index contributed by atoms with van der Waals surface area (Å²) in [5.74, 6) is 0. The average Bonchev–Trinajstić information content (AvgIpc) is 3.93. The number of thiophene rings is 1. The van der Waals surface area contributed by atoms with E-state index in [-0.39, 0.29) is 0 Å². The van der Waals surface area contributed by atoms with Crippen molar-refractivity contribution in [3.63, 3.8) is 0 Å². The average molecular weight is 708 g/mol. The number of hydrogen-bond acceptors (Lipinski definition) is 4. The van der Waals surface area contributed by atoms with Gasteiger partial charge in [-0.1, -0.05) is 121 Å². The lowest BCUT2D eigenvalue weighted by Crippen LogP contribution is -2.10. The van der Waals surface area contributed by atoms with Crippen LogP contribution in [0.5, 0.6) is 0 Å². The Kier molecular flexibility index (Phi) is 6.21. The second-order valence-electron chi connectivity index (χ2n) is 14.0. The quantitative estimate of drug-likeness (QED) is 0.182. The molecule has 0 saturated carbocycles. The number of benzene rings is 9. The second-order valence-corrected chi connectivity index (χ2v) is 15.0. The molecule has 0 aliphatic carbocycles. The van der Waals surface area contributed by atoms with Crippen molar-refractivity contribution in [2.75, 3.05) is 4.90 Å². The van der Waals surface area contributed by atoms with Gasteiger partial charge in [0, 0.05) is 42.7 Å². The van der Waals surface area contributed by atoms with Gasteiger partial charge in [0.2, 0.25) is 0 Å². The molecule has 9 aromatic carbocycles. The molecule has 0 unspecified atom stereocenters. The standard InChI is InChI=1S/C50H29NO2S/c1-3-13-34-30(10-1)12-7-16-35(34)32-22-25-33(26-23-32)51(40-18-9-21-43-46(40)37-15-5-6-20-42(37)52-43)41-19-8-17-39-48-45(54-50(39)41)29-28-44-47(48)38-27-24-31-11-2-4-14-36(31)49(38)53-44/h1-29H. The first-order valence-corrected chi connectivity index (χ1v) is 19.1. The van der Waals surface area contributed by atoms with Gasteiger partial charge in [0.1, 0.15) is 22.3 Å². The molecule has 3 heterocycles. The minimum Gasteiger partial charge on any atom is -0.456 e. The Morgan fingerprint density at radius 3 is 1.94 bits per heavy atom. The molecule has 3 aromatic heterocycles. The Balaban J connectivity index is 1.13. The first-order chi connectivity index (χ1) is 26.8. The minimum atomic E-state index is 0.869. The van der Waals surface area contributed by atoms with E-state index in [0.717, 1.165) is 60.9 Å². The topological polar surface area (TPSA) is 29.5 Å². The zero-order chi connectivity index (χ0) is 35.3. The van der Waals surface area contributed by atoms with E-state index in [1.165, 1.54) is 52.8 Å². The van der Waals surface area contributed by atoms with E-state index in [1.54, 1.807) is 0 Å². The van der Waals surface area contributed by atoms with Crippen molar-refractivity contribution in [1.82, 2.24) is 0 Å². The number of para-hydroxylation sites is 1. The van der Waals surface area contributed by atoms with Crippen LogP contribution in [-0.2, 0) is 0 Å². The number of anilines is 3. The maximum absolute atomic E-state index is 6.65. The van der Waals surface area contributed by atoms with Crippen LogP contribution < -0.4 is 4.90 Å². The van der Waals surface area contributed by atoms with E-state index >= 15 is 0 Å². The maximum atomic E-state index is 6.65. The monoisotopic (exact) mass is 707 g/mol. The van der Waals surface area contributed by atoms with Crippen molar-refractivity contribution in [1.29, 1.82) is 0 Å². The summed E-state index contributed by atoms with van der Waals surface area (Å²) >= 11 is 1.84. The molecule has 0 N–H and O–H groups in total. The fourth-order valence-electron chi connectivity index (χ4n) is 8.66. The predicted octanol–water partition coefficient (Wildman–Crippen LogP) is 15.3. The van der Waals surface area contributed by atoms with Crippen LogP contribution in [-0.4, -0.2) is 0 Å². The van der Waals surface area contributed by atoms with Gasteiger partial charge in [-0.05, 0) is 81.9 Å². The zero-order valence-corrected chi connectivity index (χ0v) is 29.7. The Hall–Kier alpha value is -6.88. The molecule has 3 nitrogen and oxygen atoms in total. The van der Waals surface area contributed by atoms with Crippen molar-refractivity contribution < 1.29 is 8.83 Å². The summed E-state index contributed by atoms with van der Waals surface area (Å²) in [5.41, 5.74) is 9.29. The molecule has 0 radical (unpaired) electrons. The summed E-state index contributed by atoms with van der Waals surface area (Å²) in [6, 6.07) is 63.0. The Morgan fingerprint density at radius 2 is 1.06 bits per heavy atom. The van der Waals surface area contributed by atoms with Crippen LogP contribution in [0, 0.1) is 0 Å². The van der Waals surface area contributed by atoms with Crippen molar-refractivity contribution in [3.05, 3.63) is 176 Å². The number of fused-ring (bicyclic) bond motifs is 13. The number of nitrogens with zero attached hydrogens (tertiary/aromatic N) is 1. The van der Waals surface area contributed by atoms with Crippen LogP contribution in [0.4, 0.5) is 17.1 Å². The summed E-state index contributed by atoms with van der Waals surface area (Å²) in [4.78, 5) is 2.42. The van der Waals surface area contributed by atoms with Crippen molar-refractivity contribution in [3.8, 4) is 11.1 Å². The number of hydrogen-bond donors (Lipinski definition) is 0. The predicted molar refractivity (Wildman–Crippen MR) is 229 cm³/mol. The fraction of sp³-hybridized carbons (Fsp3) is 0. The largest absolute Gasteiger partial charge is 0.456 e. The third kappa shape index (κ3) is 4.23. The molecule has 0 bridgehead atoms. The van der Waals surface area contributed by atoms with Crippen molar-refractivity contribution >= 4 is 114 Å². The minimum absolute atomic E-state index is 0.869. The SMILES string of the molecule is c1ccc2c(-c3ccc(N(c4cccc5c4sc4ccc6oc7c8ccccc8ccc7c6c45)c4cccc5oc6ccccc6c45)cc3)cccc2c1. The van der Waals surface area contributed by atoms with E-state index in [2.05, 4.69) is 175 Å². The summed E-state index contributed by atoms with van der Waals surface area (Å²) in [6.07, 6.45) is 0. The molecular weight excluding hydrogens is 679 g/mol. The first kappa shape index (κ1) is 29.7. The molecule has 0 spiro atoms. The molecular formula is C50H29NO2S. The number of rotatable bonds is 4. The normalized spacial score (nSPS) is 12.1. The van der Waals surface area contributed by atoms with Crippen molar-refractivity contribution in [2.45, 2.75) is 0 Å². The lowest BCUT2D eigenvalue weighted by Gasteiger charge is -2.27. The second kappa shape index (κ2) is 11.3. The molecule has 4 heteroatoms. The van der Waals surface area contributed by atoms with E-state index < -0.39 is 0 Å². The van der Waals surface area contributed by atoms with Crippen LogP contribution in [0.15, 0.2) is 185 Å². The molecule has 0 atom stereocenters. The Morgan fingerprint density at radius 1 is 0.389 bits per heavy atom. The first-order valence-electron chi connectivity index (χ1n) is 18.3. The van der Waals surface area contributed by atoms with Crippen LogP contribution in [0.1, 0.15) is 0 Å².